The third kappa shape index (κ3) is 5.74. The Morgan fingerprint density at radius 2 is 1.45 bits per heavy atom. The second kappa shape index (κ2) is 12.4. The number of hydrogen-bond acceptors (Lipinski definition) is 16. The zero-order valence-corrected chi connectivity index (χ0v) is 23.3. The van der Waals surface area contributed by atoms with E-state index in [0.29, 0.717) is 0 Å². The molecule has 0 radical (unpaired) electrons. The Labute approximate surface area is 248 Å². The summed E-state index contributed by atoms with van der Waals surface area (Å²) in [5, 5.41) is 92.0. The van der Waals surface area contributed by atoms with Crippen LogP contribution in [0.5, 0.6) is 28.7 Å². The van der Waals surface area contributed by atoms with Crippen molar-refractivity contribution < 1.29 is 74.1 Å². The molecule has 3 aromatic rings. The van der Waals surface area contributed by atoms with Crippen molar-refractivity contribution >= 4 is 11.0 Å². The Morgan fingerprint density at radius 3 is 2.14 bits per heavy atom. The first kappa shape index (κ1) is 31.7. The Morgan fingerprint density at radius 1 is 0.795 bits per heavy atom. The van der Waals surface area contributed by atoms with E-state index in [1.165, 1.54) is 32.2 Å². The molecule has 3 heterocycles. The molecule has 2 saturated heterocycles. The summed E-state index contributed by atoms with van der Waals surface area (Å²) in [6.45, 7) is 0.729. The van der Waals surface area contributed by atoms with Gasteiger partial charge in [0.15, 0.2) is 29.8 Å². The number of methoxy groups -OCH3 is 1. The van der Waals surface area contributed by atoms with Crippen molar-refractivity contribution in [2.45, 2.75) is 68.3 Å². The molecule has 2 aliphatic rings. The molecule has 5 rings (SSSR count). The fraction of sp³-hybridized carbons (Fsp3) is 0.464. The summed E-state index contributed by atoms with van der Waals surface area (Å²) in [6.07, 6.45) is -16.2. The van der Waals surface area contributed by atoms with Gasteiger partial charge in [0.1, 0.15) is 71.8 Å². The lowest BCUT2D eigenvalue weighted by Crippen LogP contribution is -2.63. The van der Waals surface area contributed by atoms with E-state index in [1.807, 2.05) is 0 Å². The topological polar surface area (TPSA) is 258 Å². The molecule has 2 aromatic carbocycles. The molecule has 1 aromatic heterocycles. The highest BCUT2D eigenvalue weighted by molar-refractivity contribution is 5.88. The lowest BCUT2D eigenvalue weighted by Gasteiger charge is -2.44. The Kier molecular flexibility index (Phi) is 8.90. The number of ether oxygens (including phenoxy) is 5. The van der Waals surface area contributed by atoms with Crippen molar-refractivity contribution in [2.24, 2.45) is 0 Å². The quantitative estimate of drug-likeness (QED) is 0.147. The molecule has 2 fully saturated rings. The molecule has 0 bridgehead atoms. The summed E-state index contributed by atoms with van der Waals surface area (Å²) in [4.78, 5) is 13.6. The largest absolute Gasteiger partial charge is 0.508 e. The summed E-state index contributed by atoms with van der Waals surface area (Å²) >= 11 is 0. The minimum atomic E-state index is -1.88. The minimum Gasteiger partial charge on any atom is -0.508 e. The number of aromatic hydroxyl groups is 3. The van der Waals surface area contributed by atoms with Crippen LogP contribution in [0, 0.1) is 0 Å². The van der Waals surface area contributed by atoms with Gasteiger partial charge in [-0.15, -0.1) is 0 Å². The average molecular weight is 625 g/mol. The number of phenols is 3. The first-order valence-corrected chi connectivity index (χ1v) is 13.4. The molecule has 240 valence electrons. The molecule has 44 heavy (non-hydrogen) atoms. The molecule has 9 N–H and O–H groups in total. The molecule has 1 unspecified atom stereocenters. The number of aliphatic hydroxyl groups excluding tert-OH is 6. The molecular formula is C28H32O16. The highest BCUT2D eigenvalue weighted by Gasteiger charge is 2.49. The van der Waals surface area contributed by atoms with E-state index < -0.39 is 90.7 Å². The van der Waals surface area contributed by atoms with Gasteiger partial charge >= 0.3 is 0 Å². The van der Waals surface area contributed by atoms with Gasteiger partial charge in [0, 0.05) is 17.7 Å². The SMILES string of the molecule is COc1cc(-c2oc3cc(O)cc(O)c3c(=O)c2OC[C@@H]2OC(O[C@@H]3O[C@@H](C)[C@H](O)[C@@H](O)[C@H]3O)[C@@H](O)[C@H](O)[C@@H]2O)ccc1O. The average Bonchev–Trinajstić information content (AvgIpc) is 2.98. The smallest absolute Gasteiger partial charge is 0.239 e. The molecule has 0 aliphatic carbocycles. The molecule has 16 nitrogen and oxygen atoms in total. The first-order valence-electron chi connectivity index (χ1n) is 13.4. The van der Waals surface area contributed by atoms with Gasteiger partial charge in [0.05, 0.1) is 13.2 Å². The zero-order chi connectivity index (χ0) is 32.0. The normalized spacial score (nSPS) is 32.5. The van der Waals surface area contributed by atoms with Gasteiger partial charge in [0.25, 0.3) is 0 Å². The number of aliphatic hydroxyl groups is 6. The van der Waals surface area contributed by atoms with Crippen LogP contribution >= 0.6 is 0 Å². The van der Waals surface area contributed by atoms with Crippen molar-refractivity contribution in [1.29, 1.82) is 0 Å². The van der Waals surface area contributed by atoms with Crippen LogP contribution in [0.2, 0.25) is 0 Å². The van der Waals surface area contributed by atoms with Gasteiger partial charge in [-0.1, -0.05) is 0 Å². The van der Waals surface area contributed by atoms with Crippen molar-refractivity contribution in [3.8, 4) is 40.1 Å². The van der Waals surface area contributed by atoms with Crippen LogP contribution in [0.15, 0.2) is 39.5 Å². The van der Waals surface area contributed by atoms with E-state index in [2.05, 4.69) is 0 Å². The highest BCUT2D eigenvalue weighted by atomic mass is 16.8. The third-order valence-electron chi connectivity index (χ3n) is 7.50. The summed E-state index contributed by atoms with van der Waals surface area (Å²) in [6, 6.07) is 5.96. The van der Waals surface area contributed by atoms with Crippen LogP contribution in [-0.2, 0) is 14.2 Å². The molecule has 16 heteroatoms. The highest BCUT2D eigenvalue weighted by Crippen LogP contribution is 2.39. The second-order valence-electron chi connectivity index (χ2n) is 10.5. The predicted octanol–water partition coefficient (Wildman–Crippen LogP) is -1.38. The van der Waals surface area contributed by atoms with Crippen LogP contribution in [0.4, 0.5) is 0 Å². The number of fused-ring (bicyclic) bond motifs is 1. The van der Waals surface area contributed by atoms with E-state index >= 15 is 0 Å². The molecule has 2 aliphatic heterocycles. The molecule has 0 spiro atoms. The van der Waals surface area contributed by atoms with E-state index in [0.717, 1.165) is 12.1 Å². The van der Waals surface area contributed by atoms with Crippen molar-refractivity contribution in [2.75, 3.05) is 13.7 Å². The monoisotopic (exact) mass is 624 g/mol. The maximum absolute atomic E-state index is 13.6. The van der Waals surface area contributed by atoms with E-state index in [4.69, 9.17) is 28.1 Å². The molecular weight excluding hydrogens is 592 g/mol. The van der Waals surface area contributed by atoms with Crippen LogP contribution in [0.25, 0.3) is 22.3 Å². The van der Waals surface area contributed by atoms with Crippen molar-refractivity contribution in [1.82, 2.24) is 0 Å². The van der Waals surface area contributed by atoms with Crippen molar-refractivity contribution in [3.63, 3.8) is 0 Å². The van der Waals surface area contributed by atoms with Crippen molar-refractivity contribution in [3.05, 3.63) is 40.6 Å². The number of hydrogen-bond donors (Lipinski definition) is 9. The molecule has 10 atom stereocenters. The predicted molar refractivity (Wildman–Crippen MR) is 145 cm³/mol. The van der Waals surface area contributed by atoms with Crippen LogP contribution in [0.1, 0.15) is 6.92 Å². The van der Waals surface area contributed by atoms with Gasteiger partial charge in [0.2, 0.25) is 11.2 Å². The van der Waals surface area contributed by atoms with Gasteiger partial charge < -0.3 is 74.1 Å². The van der Waals surface area contributed by atoms with E-state index in [1.54, 1.807) is 0 Å². The number of phenolic OH excluding ortho intramolecular Hbond substituents is 3. The number of benzene rings is 2. The van der Waals surface area contributed by atoms with E-state index in [9.17, 15) is 50.8 Å². The van der Waals surface area contributed by atoms with Gasteiger partial charge in [-0.2, -0.15) is 0 Å². The van der Waals surface area contributed by atoms with Crippen LogP contribution in [0.3, 0.4) is 0 Å². The maximum Gasteiger partial charge on any atom is 0.239 e. The zero-order valence-electron chi connectivity index (χ0n) is 23.3. The van der Waals surface area contributed by atoms with Gasteiger partial charge in [-0.05, 0) is 25.1 Å². The van der Waals surface area contributed by atoms with E-state index in [-0.39, 0.29) is 33.8 Å². The lowest BCUT2D eigenvalue weighted by molar-refractivity contribution is -0.373. The summed E-state index contributed by atoms with van der Waals surface area (Å²) in [5.41, 5.74) is -0.947. The summed E-state index contributed by atoms with van der Waals surface area (Å²) in [5.74, 6) is -1.97. The Balaban J connectivity index is 1.46. The molecule has 0 amide bonds. The fourth-order valence-corrected chi connectivity index (χ4v) is 5.00. The minimum absolute atomic E-state index is 0.0113. The fourth-order valence-electron chi connectivity index (χ4n) is 5.00. The Hall–Kier alpha value is -3.71. The number of rotatable bonds is 7. The van der Waals surface area contributed by atoms with Gasteiger partial charge in [-0.25, -0.2) is 0 Å². The second-order valence-corrected chi connectivity index (χ2v) is 10.5. The molecule has 0 saturated carbocycles. The van der Waals surface area contributed by atoms with Gasteiger partial charge in [-0.3, -0.25) is 4.79 Å². The summed E-state index contributed by atoms with van der Waals surface area (Å²) < 4.78 is 33.1. The standard InChI is InChI=1S/C28H32O16/c1-9-18(32)21(35)23(37)27(41-9)44-28-24(38)22(36)19(33)16(43-28)8-40-26-20(34)17-13(31)6-11(29)7-15(17)42-25(26)10-3-4-12(30)14(5-10)39-2/h3-7,9,16,18-19,21-24,27-33,35-38H,8H2,1-2H3/t9-,16-,18-,19+,21+,22+,23+,24-,27-,28?/m0/s1. The Bertz CT molecular complexity index is 1560. The lowest BCUT2D eigenvalue weighted by atomic mass is 9.98. The maximum atomic E-state index is 13.6. The van der Waals surface area contributed by atoms with Crippen LogP contribution in [-0.4, -0.2) is 121 Å². The summed E-state index contributed by atoms with van der Waals surface area (Å²) in [7, 11) is 1.30. The third-order valence-corrected chi connectivity index (χ3v) is 7.50. The van der Waals surface area contributed by atoms with Crippen LogP contribution < -0.4 is 14.9 Å². The first-order chi connectivity index (χ1) is 20.8.